The first-order valence-corrected chi connectivity index (χ1v) is 7.59. The predicted octanol–water partition coefficient (Wildman–Crippen LogP) is 1.96. The lowest BCUT2D eigenvalue weighted by Gasteiger charge is -2.43. The highest BCUT2D eigenvalue weighted by molar-refractivity contribution is 5.79. The third-order valence-electron chi connectivity index (χ3n) is 4.20. The monoisotopic (exact) mass is 269 g/mol. The van der Waals surface area contributed by atoms with E-state index in [1.54, 1.807) is 0 Å². The van der Waals surface area contributed by atoms with Crippen molar-refractivity contribution in [3.63, 3.8) is 0 Å². The van der Waals surface area contributed by atoms with E-state index in [9.17, 15) is 9.90 Å². The topological polar surface area (TPSA) is 49.8 Å². The summed E-state index contributed by atoms with van der Waals surface area (Å²) in [5.41, 5.74) is -0.355. The summed E-state index contributed by atoms with van der Waals surface area (Å²) in [6.07, 6.45) is 6.69. The van der Waals surface area contributed by atoms with Gasteiger partial charge >= 0.3 is 0 Å². The van der Waals surface area contributed by atoms with Gasteiger partial charge in [-0.25, -0.2) is 0 Å². The van der Waals surface area contributed by atoms with E-state index in [1.165, 1.54) is 25.7 Å². The molecule has 2 aliphatic rings. The predicted molar refractivity (Wildman–Crippen MR) is 73.8 cm³/mol. The number of rotatable bonds is 2. The highest BCUT2D eigenvalue weighted by Gasteiger charge is 2.37. The smallest absolute Gasteiger partial charge is 0.225 e. The van der Waals surface area contributed by atoms with Gasteiger partial charge in [-0.2, -0.15) is 0 Å². The van der Waals surface area contributed by atoms with Crippen molar-refractivity contribution in [2.75, 3.05) is 19.7 Å². The van der Waals surface area contributed by atoms with Crippen molar-refractivity contribution in [2.24, 2.45) is 5.92 Å². The Kier molecular flexibility index (Phi) is 4.85. The lowest BCUT2D eigenvalue weighted by Crippen LogP contribution is -2.56. The summed E-state index contributed by atoms with van der Waals surface area (Å²) in [6.45, 7) is 5.14. The fraction of sp³-hybridized carbons (Fsp3) is 0.933. The van der Waals surface area contributed by atoms with Crippen molar-refractivity contribution in [3.8, 4) is 0 Å². The van der Waals surface area contributed by atoms with E-state index in [-0.39, 0.29) is 30.1 Å². The molecule has 19 heavy (non-hydrogen) atoms. The Labute approximate surface area is 116 Å². The Hall–Kier alpha value is -0.610. The number of morpholine rings is 1. The maximum Gasteiger partial charge on any atom is 0.225 e. The Bertz CT molecular complexity index is 309. The van der Waals surface area contributed by atoms with E-state index in [0.717, 1.165) is 12.8 Å². The molecule has 1 amide bonds. The molecule has 0 aromatic rings. The number of carbonyl (C=O) groups is 1. The number of carbonyl (C=O) groups excluding carboxylic acids is 1. The van der Waals surface area contributed by atoms with E-state index in [4.69, 9.17) is 4.74 Å². The minimum absolute atomic E-state index is 0.0160. The quantitative estimate of drug-likeness (QED) is 0.780. The van der Waals surface area contributed by atoms with Crippen molar-refractivity contribution in [1.82, 2.24) is 4.90 Å². The van der Waals surface area contributed by atoms with Gasteiger partial charge in [-0.1, -0.05) is 25.7 Å². The third kappa shape index (κ3) is 3.93. The van der Waals surface area contributed by atoms with Crippen LogP contribution in [0.25, 0.3) is 0 Å². The minimum atomic E-state index is -0.355. The van der Waals surface area contributed by atoms with Crippen LogP contribution >= 0.6 is 0 Å². The van der Waals surface area contributed by atoms with Gasteiger partial charge < -0.3 is 14.7 Å². The van der Waals surface area contributed by atoms with Crippen molar-refractivity contribution in [1.29, 1.82) is 0 Å². The van der Waals surface area contributed by atoms with Crippen molar-refractivity contribution in [2.45, 2.75) is 64.1 Å². The van der Waals surface area contributed by atoms with Crippen molar-refractivity contribution in [3.05, 3.63) is 0 Å². The van der Waals surface area contributed by atoms with Gasteiger partial charge in [0.15, 0.2) is 0 Å². The molecule has 4 nitrogen and oxygen atoms in total. The Morgan fingerprint density at radius 3 is 2.47 bits per heavy atom. The minimum Gasteiger partial charge on any atom is -0.394 e. The zero-order chi connectivity index (χ0) is 13.9. The van der Waals surface area contributed by atoms with Gasteiger partial charge in [0.2, 0.25) is 5.91 Å². The molecule has 2 fully saturated rings. The summed E-state index contributed by atoms with van der Waals surface area (Å²) < 4.78 is 5.77. The molecular weight excluding hydrogens is 242 g/mol. The Morgan fingerprint density at radius 2 is 1.89 bits per heavy atom. The summed E-state index contributed by atoms with van der Waals surface area (Å²) in [7, 11) is 0. The molecule has 1 atom stereocenters. The molecule has 2 rings (SSSR count). The summed E-state index contributed by atoms with van der Waals surface area (Å²) in [5, 5.41) is 9.32. The summed E-state index contributed by atoms with van der Waals surface area (Å²) >= 11 is 0. The Balaban J connectivity index is 2.00. The van der Waals surface area contributed by atoms with E-state index >= 15 is 0 Å². The second-order valence-electron chi connectivity index (χ2n) is 6.59. The first-order chi connectivity index (χ1) is 9.02. The molecule has 1 unspecified atom stereocenters. The third-order valence-corrected chi connectivity index (χ3v) is 4.20. The number of hydrogen-bond acceptors (Lipinski definition) is 3. The second kappa shape index (κ2) is 6.23. The van der Waals surface area contributed by atoms with Gasteiger partial charge in [0.05, 0.1) is 18.3 Å². The van der Waals surface area contributed by atoms with E-state index < -0.39 is 0 Å². The zero-order valence-corrected chi connectivity index (χ0v) is 12.2. The lowest BCUT2D eigenvalue weighted by atomic mass is 9.96. The fourth-order valence-corrected chi connectivity index (χ4v) is 3.34. The highest BCUT2D eigenvalue weighted by atomic mass is 16.5. The van der Waals surface area contributed by atoms with Gasteiger partial charge in [0.1, 0.15) is 0 Å². The van der Waals surface area contributed by atoms with Crippen LogP contribution in [0.2, 0.25) is 0 Å². The average molecular weight is 269 g/mol. The molecular formula is C15H27NO3. The highest BCUT2D eigenvalue weighted by Crippen LogP contribution is 2.28. The molecule has 1 saturated carbocycles. The van der Waals surface area contributed by atoms with Crippen molar-refractivity contribution >= 4 is 5.91 Å². The van der Waals surface area contributed by atoms with E-state index in [2.05, 4.69) is 0 Å². The molecule has 1 heterocycles. The maximum atomic E-state index is 12.6. The normalized spacial score (nSPS) is 29.0. The molecule has 0 radical (unpaired) electrons. The summed E-state index contributed by atoms with van der Waals surface area (Å²) in [5.74, 6) is 0.465. The first-order valence-electron chi connectivity index (χ1n) is 7.59. The molecule has 110 valence electrons. The number of hydrogen-bond donors (Lipinski definition) is 1. The molecule has 0 bridgehead atoms. The molecule has 1 aliphatic carbocycles. The summed E-state index contributed by atoms with van der Waals surface area (Å²) in [4.78, 5) is 14.6. The van der Waals surface area contributed by atoms with Crippen molar-refractivity contribution < 1.29 is 14.6 Å². The molecule has 0 spiro atoms. The van der Waals surface area contributed by atoms with E-state index in [0.29, 0.717) is 13.1 Å². The first kappa shape index (κ1) is 14.8. The van der Waals surface area contributed by atoms with Crippen LogP contribution in [-0.4, -0.2) is 47.3 Å². The van der Waals surface area contributed by atoms with Crippen LogP contribution in [0.3, 0.4) is 0 Å². The van der Waals surface area contributed by atoms with Crippen LogP contribution in [0.5, 0.6) is 0 Å². The maximum absolute atomic E-state index is 12.6. The molecule has 1 aliphatic heterocycles. The molecule has 0 aromatic carbocycles. The van der Waals surface area contributed by atoms with E-state index in [1.807, 2.05) is 18.7 Å². The zero-order valence-electron chi connectivity index (χ0n) is 12.2. The standard InChI is InChI=1S/C15H27NO3/c1-15(2)11-16(9-13(10-17)19-15)14(18)12-7-5-3-4-6-8-12/h12-13,17H,3-11H2,1-2H3. The molecule has 0 aromatic heterocycles. The fourth-order valence-electron chi connectivity index (χ4n) is 3.34. The van der Waals surface area contributed by atoms with Gasteiger partial charge in [0, 0.05) is 19.0 Å². The number of ether oxygens (including phenoxy) is 1. The lowest BCUT2D eigenvalue weighted by molar-refractivity contribution is -0.170. The van der Waals surface area contributed by atoms with Crippen LogP contribution in [-0.2, 0) is 9.53 Å². The van der Waals surface area contributed by atoms with Gasteiger partial charge in [0.25, 0.3) is 0 Å². The molecule has 1 N–H and O–H groups in total. The number of aliphatic hydroxyl groups excluding tert-OH is 1. The van der Waals surface area contributed by atoms with Crippen LogP contribution in [0.4, 0.5) is 0 Å². The SMILES string of the molecule is CC1(C)CN(C(=O)C2CCCCCC2)CC(CO)O1. The summed E-state index contributed by atoms with van der Waals surface area (Å²) in [6, 6.07) is 0. The molecule has 1 saturated heterocycles. The van der Waals surface area contributed by atoms with Gasteiger partial charge in [-0.05, 0) is 26.7 Å². The van der Waals surface area contributed by atoms with Crippen LogP contribution in [0, 0.1) is 5.92 Å². The number of nitrogens with zero attached hydrogens (tertiary/aromatic N) is 1. The number of aliphatic hydroxyl groups is 1. The van der Waals surface area contributed by atoms with Crippen LogP contribution in [0.15, 0.2) is 0 Å². The second-order valence-corrected chi connectivity index (χ2v) is 6.59. The number of amides is 1. The van der Waals surface area contributed by atoms with Crippen LogP contribution < -0.4 is 0 Å². The van der Waals surface area contributed by atoms with Gasteiger partial charge in [-0.3, -0.25) is 4.79 Å². The Morgan fingerprint density at radius 1 is 1.26 bits per heavy atom. The largest absolute Gasteiger partial charge is 0.394 e. The van der Waals surface area contributed by atoms with Crippen LogP contribution in [0.1, 0.15) is 52.4 Å². The van der Waals surface area contributed by atoms with Gasteiger partial charge in [-0.15, -0.1) is 0 Å². The average Bonchev–Trinajstić information content (AvgIpc) is 2.64. The molecule has 4 heteroatoms.